The molecule has 1 aliphatic rings. The number of ether oxygens (including phenoxy) is 1. The number of aromatic nitrogens is 2. The minimum Gasteiger partial charge on any atom is -0.493 e. The molecule has 2 aromatic heterocycles. The van der Waals surface area contributed by atoms with Gasteiger partial charge >= 0.3 is 0 Å². The van der Waals surface area contributed by atoms with Crippen LogP contribution < -0.4 is 15.4 Å². The summed E-state index contributed by atoms with van der Waals surface area (Å²) in [7, 11) is -4.04. The lowest BCUT2D eigenvalue weighted by Crippen LogP contribution is -2.33. The molecule has 2 N–H and O–H groups in total. The van der Waals surface area contributed by atoms with Crippen LogP contribution >= 0.6 is 0 Å². The molecule has 0 bridgehead atoms. The highest BCUT2D eigenvalue weighted by Gasteiger charge is 2.27. The third-order valence-electron chi connectivity index (χ3n) is 6.08. The zero-order chi connectivity index (χ0) is 27.4. The van der Waals surface area contributed by atoms with Gasteiger partial charge in [-0.1, -0.05) is 32.1 Å². The third-order valence-corrected chi connectivity index (χ3v) is 7.59. The highest BCUT2D eigenvalue weighted by atomic mass is 32.2. The summed E-state index contributed by atoms with van der Waals surface area (Å²) in [5.41, 5.74) is 7.83. The van der Waals surface area contributed by atoms with Gasteiger partial charge in [0.25, 0.3) is 0 Å². The molecule has 0 aliphatic carbocycles. The lowest BCUT2D eigenvalue weighted by molar-refractivity contribution is 0.102. The SMILES string of the molecule is C=C1CCN(c2nc(-c3cc(F)cc(OCC(C)C)c3)ccc2C(=O)CS(=O)(=O)c2cccc(N)n2)CC1. The molecule has 1 aliphatic heterocycles. The Balaban J connectivity index is 1.71. The number of nitrogens with two attached hydrogens (primary N) is 1. The van der Waals surface area contributed by atoms with Crippen LogP contribution in [0.3, 0.4) is 0 Å². The van der Waals surface area contributed by atoms with Crippen molar-refractivity contribution >= 4 is 27.3 Å². The summed E-state index contributed by atoms with van der Waals surface area (Å²) in [6.45, 7) is 9.62. The van der Waals surface area contributed by atoms with E-state index < -0.39 is 27.2 Å². The molecule has 0 saturated carbocycles. The van der Waals surface area contributed by atoms with Crippen molar-refractivity contribution in [3.05, 3.63) is 72.1 Å². The summed E-state index contributed by atoms with van der Waals surface area (Å²) in [4.78, 5) is 23.9. The summed E-state index contributed by atoms with van der Waals surface area (Å²) in [6, 6.07) is 11.8. The number of nitrogen functional groups attached to an aromatic ring is 1. The number of Topliss-reactive ketones (excluding diaryl/α,β-unsaturated/α-hetero) is 1. The quantitative estimate of drug-likeness (QED) is 0.308. The van der Waals surface area contributed by atoms with Crippen molar-refractivity contribution in [1.82, 2.24) is 9.97 Å². The Morgan fingerprint density at radius 1 is 1.13 bits per heavy atom. The summed E-state index contributed by atoms with van der Waals surface area (Å²) < 4.78 is 46.0. The fourth-order valence-electron chi connectivity index (χ4n) is 4.09. The van der Waals surface area contributed by atoms with Crippen LogP contribution in [0, 0.1) is 11.7 Å². The van der Waals surface area contributed by atoms with Gasteiger partial charge in [0.05, 0.1) is 17.9 Å². The van der Waals surface area contributed by atoms with Crippen LogP contribution in [0.15, 0.2) is 65.7 Å². The Morgan fingerprint density at radius 3 is 2.55 bits per heavy atom. The van der Waals surface area contributed by atoms with Gasteiger partial charge in [-0.25, -0.2) is 22.8 Å². The maximum Gasteiger partial charge on any atom is 0.203 e. The Labute approximate surface area is 222 Å². The van der Waals surface area contributed by atoms with Crippen molar-refractivity contribution in [2.24, 2.45) is 5.92 Å². The molecule has 0 spiro atoms. The lowest BCUT2D eigenvalue weighted by Gasteiger charge is -2.30. The van der Waals surface area contributed by atoms with Crippen LogP contribution in [-0.2, 0) is 9.84 Å². The number of carbonyl (C=O) groups excluding carboxylic acids is 1. The molecule has 10 heteroatoms. The Bertz CT molecular complexity index is 1460. The first-order valence-corrected chi connectivity index (χ1v) is 14.0. The number of hydrogen-bond donors (Lipinski definition) is 1. The first-order valence-electron chi connectivity index (χ1n) is 12.4. The molecule has 3 aromatic rings. The number of rotatable bonds is 9. The second-order valence-electron chi connectivity index (χ2n) is 9.77. The molecule has 4 rings (SSSR count). The molecule has 200 valence electrons. The highest BCUT2D eigenvalue weighted by Crippen LogP contribution is 2.31. The third kappa shape index (κ3) is 6.55. The van der Waals surface area contributed by atoms with E-state index in [1.54, 1.807) is 18.2 Å². The lowest BCUT2D eigenvalue weighted by atomic mass is 10.0. The topological polar surface area (TPSA) is 115 Å². The first-order chi connectivity index (χ1) is 18.0. The monoisotopic (exact) mass is 538 g/mol. The van der Waals surface area contributed by atoms with Crippen molar-refractivity contribution in [3.8, 4) is 17.0 Å². The number of pyridine rings is 2. The summed E-state index contributed by atoms with van der Waals surface area (Å²) in [6.07, 6.45) is 1.44. The molecule has 0 radical (unpaired) electrons. The van der Waals surface area contributed by atoms with Crippen molar-refractivity contribution in [2.45, 2.75) is 31.7 Å². The molecule has 3 heterocycles. The minimum atomic E-state index is -4.04. The molecular weight excluding hydrogens is 507 g/mol. The number of carbonyl (C=O) groups is 1. The number of piperidine rings is 1. The van der Waals surface area contributed by atoms with Crippen LogP contribution in [-0.4, -0.2) is 49.6 Å². The Kier molecular flexibility index (Phi) is 8.11. The zero-order valence-corrected chi connectivity index (χ0v) is 22.3. The first kappa shape index (κ1) is 27.3. The fraction of sp³-hybridized carbons (Fsp3) is 0.321. The molecule has 38 heavy (non-hydrogen) atoms. The van der Waals surface area contributed by atoms with Gasteiger partial charge in [0.15, 0.2) is 10.8 Å². The van der Waals surface area contributed by atoms with E-state index in [4.69, 9.17) is 15.5 Å². The molecular formula is C28H31FN4O4S. The zero-order valence-electron chi connectivity index (χ0n) is 21.5. The van der Waals surface area contributed by atoms with E-state index in [-0.39, 0.29) is 22.3 Å². The standard InChI is InChI=1S/C28H31FN4O4S/c1-18(2)16-37-22-14-20(13-21(29)15-22)24-8-7-23(28(31-24)33-11-9-19(3)10-12-33)25(34)17-38(35,36)27-6-4-5-26(30)32-27/h4-8,13-15,18H,3,9-12,16-17H2,1-2H3,(H2,30,32). The van der Waals surface area contributed by atoms with Crippen molar-refractivity contribution in [2.75, 3.05) is 36.1 Å². The molecule has 1 saturated heterocycles. The number of halogens is 1. The van der Waals surface area contributed by atoms with Crippen molar-refractivity contribution in [3.63, 3.8) is 0 Å². The van der Waals surface area contributed by atoms with E-state index in [1.165, 1.54) is 30.3 Å². The molecule has 0 atom stereocenters. The van der Waals surface area contributed by atoms with E-state index in [0.717, 1.165) is 18.4 Å². The second kappa shape index (κ2) is 11.3. The predicted molar refractivity (Wildman–Crippen MR) is 146 cm³/mol. The average molecular weight is 539 g/mol. The van der Waals surface area contributed by atoms with E-state index in [1.807, 2.05) is 18.7 Å². The fourth-order valence-corrected chi connectivity index (χ4v) is 5.27. The van der Waals surface area contributed by atoms with E-state index in [0.29, 0.717) is 42.5 Å². The van der Waals surface area contributed by atoms with Gasteiger partial charge < -0.3 is 15.4 Å². The van der Waals surface area contributed by atoms with E-state index in [2.05, 4.69) is 11.6 Å². The normalized spacial score (nSPS) is 14.1. The van der Waals surface area contributed by atoms with Crippen LogP contribution in [0.5, 0.6) is 5.75 Å². The molecule has 1 aromatic carbocycles. The number of sulfone groups is 1. The number of anilines is 2. The van der Waals surface area contributed by atoms with E-state index in [9.17, 15) is 17.6 Å². The van der Waals surface area contributed by atoms with Gasteiger partial charge in [0.2, 0.25) is 9.84 Å². The number of benzene rings is 1. The number of ketones is 1. The molecule has 1 fully saturated rings. The number of hydrogen-bond acceptors (Lipinski definition) is 8. The summed E-state index contributed by atoms with van der Waals surface area (Å²) in [5, 5.41) is -0.264. The largest absolute Gasteiger partial charge is 0.493 e. The van der Waals surface area contributed by atoms with Crippen LogP contribution in [0.2, 0.25) is 0 Å². The maximum atomic E-state index is 14.5. The van der Waals surface area contributed by atoms with E-state index >= 15 is 0 Å². The summed E-state index contributed by atoms with van der Waals surface area (Å²) >= 11 is 0. The van der Waals surface area contributed by atoms with Gasteiger partial charge in [0.1, 0.15) is 29.0 Å². The Hall–Kier alpha value is -3.79. The van der Waals surface area contributed by atoms with Gasteiger partial charge in [-0.05, 0) is 55.2 Å². The molecule has 0 unspecified atom stereocenters. The van der Waals surface area contributed by atoms with Crippen molar-refractivity contribution < 1.29 is 22.3 Å². The Morgan fingerprint density at radius 2 is 1.87 bits per heavy atom. The predicted octanol–water partition coefficient (Wildman–Crippen LogP) is 4.71. The maximum absolute atomic E-state index is 14.5. The van der Waals surface area contributed by atoms with Gasteiger partial charge in [-0.2, -0.15) is 0 Å². The minimum absolute atomic E-state index is 0.0469. The van der Waals surface area contributed by atoms with Gasteiger partial charge in [0, 0.05) is 24.7 Å². The summed E-state index contributed by atoms with van der Waals surface area (Å²) in [5.74, 6) is -0.829. The van der Waals surface area contributed by atoms with Crippen LogP contribution in [0.1, 0.15) is 37.0 Å². The van der Waals surface area contributed by atoms with Gasteiger partial charge in [-0.15, -0.1) is 0 Å². The highest BCUT2D eigenvalue weighted by molar-refractivity contribution is 7.92. The van der Waals surface area contributed by atoms with Gasteiger partial charge in [-0.3, -0.25) is 4.79 Å². The van der Waals surface area contributed by atoms with Crippen LogP contribution in [0.25, 0.3) is 11.3 Å². The molecule has 8 nitrogen and oxygen atoms in total. The average Bonchev–Trinajstić information content (AvgIpc) is 2.87. The second-order valence-corrected chi connectivity index (χ2v) is 11.7. The van der Waals surface area contributed by atoms with Crippen LogP contribution in [0.4, 0.5) is 16.0 Å². The number of nitrogens with zero attached hydrogens (tertiary/aromatic N) is 3. The smallest absolute Gasteiger partial charge is 0.203 e. The van der Waals surface area contributed by atoms with Crippen molar-refractivity contribution in [1.29, 1.82) is 0 Å². The molecule has 0 amide bonds.